The zero-order chi connectivity index (χ0) is 17.7. The fourth-order valence-electron chi connectivity index (χ4n) is 2.26. The molecule has 1 N–H and O–H groups in total. The first-order valence-corrected chi connectivity index (χ1v) is 7.27. The lowest BCUT2D eigenvalue weighted by molar-refractivity contribution is -0.0498. The average Bonchev–Trinajstić information content (AvgIpc) is 2.54. The number of nitrogens with one attached hydrogen (secondary N) is 1. The summed E-state index contributed by atoms with van der Waals surface area (Å²) in [7, 11) is 0. The number of Topliss-reactive ketones (excluding diaryl/α,β-unsaturated/α-hetero) is 1. The number of carbonyl (C=O) groups is 1. The highest BCUT2D eigenvalue weighted by atomic mass is 19.3. The molecule has 0 heterocycles. The minimum Gasteiger partial charge on any atom is -0.435 e. The van der Waals surface area contributed by atoms with Crippen LogP contribution < -0.4 is 10.1 Å². The van der Waals surface area contributed by atoms with E-state index in [2.05, 4.69) is 16.1 Å². The molecular weight excluding hydrogens is 314 g/mol. The molecule has 0 radical (unpaired) electrons. The fraction of sp³-hybridized carbons (Fsp3) is 0.222. The summed E-state index contributed by atoms with van der Waals surface area (Å²) in [6.45, 7) is 0.379. The van der Waals surface area contributed by atoms with Crippen LogP contribution in [0.3, 0.4) is 0 Å². The van der Waals surface area contributed by atoms with Crippen molar-refractivity contribution in [1.29, 1.82) is 5.26 Å². The molecule has 0 aliphatic rings. The summed E-state index contributed by atoms with van der Waals surface area (Å²) in [6, 6.07) is 12.9. The Morgan fingerprint density at radius 3 is 2.62 bits per heavy atom. The molecule has 2 aromatic rings. The molecule has 0 amide bonds. The normalized spacial score (nSPS) is 11.7. The van der Waals surface area contributed by atoms with E-state index in [0.717, 1.165) is 0 Å². The van der Waals surface area contributed by atoms with Crippen LogP contribution in [0.5, 0.6) is 5.75 Å². The van der Waals surface area contributed by atoms with Crippen LogP contribution in [0.25, 0.3) is 0 Å². The maximum absolute atomic E-state index is 12.3. The molecule has 0 aliphatic heterocycles. The number of ketones is 1. The van der Waals surface area contributed by atoms with Crippen molar-refractivity contribution in [1.82, 2.24) is 0 Å². The first-order valence-electron chi connectivity index (χ1n) is 7.27. The number of anilines is 1. The lowest BCUT2D eigenvalue weighted by Crippen LogP contribution is -2.09. The molecule has 1 unspecified atom stereocenters. The number of nitrogens with zero attached hydrogens (tertiary/aromatic N) is 1. The number of hydrogen-bond donors (Lipinski definition) is 1. The third kappa shape index (κ3) is 4.29. The second-order valence-electron chi connectivity index (χ2n) is 5.25. The first kappa shape index (κ1) is 17.4. The second kappa shape index (κ2) is 7.55. The second-order valence-corrected chi connectivity index (χ2v) is 5.25. The number of benzene rings is 2. The topological polar surface area (TPSA) is 62.1 Å². The fourth-order valence-corrected chi connectivity index (χ4v) is 2.26. The minimum atomic E-state index is -2.89. The Kier molecular flexibility index (Phi) is 5.48. The zero-order valence-electron chi connectivity index (χ0n) is 13.2. The molecule has 0 aliphatic carbocycles. The molecule has 0 spiro atoms. The average molecular weight is 330 g/mol. The van der Waals surface area contributed by atoms with Crippen LogP contribution in [-0.4, -0.2) is 12.4 Å². The van der Waals surface area contributed by atoms with Crippen LogP contribution >= 0.6 is 0 Å². The summed E-state index contributed by atoms with van der Waals surface area (Å²) < 4.78 is 29.0. The Labute approximate surface area is 138 Å². The quantitative estimate of drug-likeness (QED) is 0.790. The number of hydrogen-bond acceptors (Lipinski definition) is 4. The van der Waals surface area contributed by atoms with Crippen molar-refractivity contribution in [2.45, 2.75) is 26.5 Å². The molecule has 1 atom stereocenters. The van der Waals surface area contributed by atoms with E-state index in [9.17, 15) is 18.8 Å². The van der Waals surface area contributed by atoms with Gasteiger partial charge in [-0.05, 0) is 49.7 Å². The number of halogens is 2. The molecule has 24 heavy (non-hydrogen) atoms. The van der Waals surface area contributed by atoms with E-state index in [1.807, 2.05) is 6.92 Å². The van der Waals surface area contributed by atoms with Gasteiger partial charge in [-0.25, -0.2) is 0 Å². The highest BCUT2D eigenvalue weighted by molar-refractivity contribution is 5.95. The Morgan fingerprint density at radius 1 is 1.25 bits per heavy atom. The predicted molar refractivity (Wildman–Crippen MR) is 86.3 cm³/mol. The van der Waals surface area contributed by atoms with E-state index in [1.165, 1.54) is 19.1 Å². The standard InChI is InChI=1S/C18H16F2N2O2/c1-11(13-4-3-5-16(8-13)24-18(19)20)22-17-9-14(12(2)23)6-7-15(17)10-21/h3-9,11,18,22H,1-2H3. The van der Waals surface area contributed by atoms with Gasteiger partial charge in [0.05, 0.1) is 11.3 Å². The Morgan fingerprint density at radius 2 is 2.00 bits per heavy atom. The van der Waals surface area contributed by atoms with Gasteiger partial charge in [-0.3, -0.25) is 4.79 Å². The third-order valence-corrected chi connectivity index (χ3v) is 3.50. The summed E-state index contributed by atoms with van der Waals surface area (Å²) in [5.74, 6) is -0.0448. The number of nitriles is 1. The monoisotopic (exact) mass is 330 g/mol. The van der Waals surface area contributed by atoms with Crippen molar-refractivity contribution in [3.63, 3.8) is 0 Å². The van der Waals surface area contributed by atoms with E-state index < -0.39 is 6.61 Å². The van der Waals surface area contributed by atoms with Gasteiger partial charge in [0.1, 0.15) is 11.8 Å². The van der Waals surface area contributed by atoms with Crippen molar-refractivity contribution in [2.75, 3.05) is 5.32 Å². The number of rotatable bonds is 6. The van der Waals surface area contributed by atoms with E-state index in [0.29, 0.717) is 22.4 Å². The van der Waals surface area contributed by atoms with Crippen LogP contribution in [0.4, 0.5) is 14.5 Å². The number of alkyl halides is 2. The van der Waals surface area contributed by atoms with E-state index in [1.54, 1.807) is 30.3 Å². The molecular formula is C18H16F2N2O2. The number of carbonyl (C=O) groups excluding carboxylic acids is 1. The van der Waals surface area contributed by atoms with E-state index in [4.69, 9.17) is 0 Å². The van der Waals surface area contributed by atoms with Crippen LogP contribution in [-0.2, 0) is 0 Å². The van der Waals surface area contributed by atoms with Gasteiger partial charge in [-0.1, -0.05) is 12.1 Å². The number of ether oxygens (including phenoxy) is 1. The van der Waals surface area contributed by atoms with Crippen molar-refractivity contribution in [3.05, 3.63) is 59.2 Å². The Hall–Kier alpha value is -2.94. The Bertz CT molecular complexity index is 785. The highest BCUT2D eigenvalue weighted by Crippen LogP contribution is 2.26. The lowest BCUT2D eigenvalue weighted by Gasteiger charge is -2.18. The van der Waals surface area contributed by atoms with Gasteiger partial charge in [-0.2, -0.15) is 14.0 Å². The van der Waals surface area contributed by atoms with Crippen LogP contribution in [0, 0.1) is 11.3 Å². The van der Waals surface area contributed by atoms with Gasteiger partial charge in [0.25, 0.3) is 0 Å². The zero-order valence-corrected chi connectivity index (χ0v) is 13.2. The van der Waals surface area contributed by atoms with Gasteiger partial charge in [-0.15, -0.1) is 0 Å². The maximum Gasteiger partial charge on any atom is 0.387 e. The van der Waals surface area contributed by atoms with Gasteiger partial charge in [0.15, 0.2) is 5.78 Å². The molecule has 6 heteroatoms. The van der Waals surface area contributed by atoms with Gasteiger partial charge >= 0.3 is 6.61 Å². The van der Waals surface area contributed by atoms with Gasteiger partial charge in [0, 0.05) is 11.6 Å². The largest absolute Gasteiger partial charge is 0.435 e. The van der Waals surface area contributed by atoms with Crippen LogP contribution in [0.15, 0.2) is 42.5 Å². The van der Waals surface area contributed by atoms with Crippen molar-refractivity contribution < 1.29 is 18.3 Å². The molecule has 2 aromatic carbocycles. The summed E-state index contributed by atoms with van der Waals surface area (Å²) >= 11 is 0. The smallest absolute Gasteiger partial charge is 0.387 e. The summed E-state index contributed by atoms with van der Waals surface area (Å²) in [5, 5.41) is 12.3. The maximum atomic E-state index is 12.3. The van der Waals surface area contributed by atoms with Crippen LogP contribution in [0.2, 0.25) is 0 Å². The summed E-state index contributed by atoms with van der Waals surface area (Å²) in [6.07, 6.45) is 0. The van der Waals surface area contributed by atoms with Crippen molar-refractivity contribution >= 4 is 11.5 Å². The highest BCUT2D eigenvalue weighted by Gasteiger charge is 2.12. The van der Waals surface area contributed by atoms with Crippen molar-refractivity contribution in [3.8, 4) is 11.8 Å². The molecule has 2 rings (SSSR count). The molecule has 0 aromatic heterocycles. The molecule has 0 bridgehead atoms. The summed E-state index contributed by atoms with van der Waals surface area (Å²) in [4.78, 5) is 11.5. The lowest BCUT2D eigenvalue weighted by atomic mass is 10.0. The van der Waals surface area contributed by atoms with Gasteiger partial charge in [0.2, 0.25) is 0 Å². The van der Waals surface area contributed by atoms with E-state index in [-0.39, 0.29) is 17.6 Å². The summed E-state index contributed by atoms with van der Waals surface area (Å²) in [5.41, 5.74) is 2.11. The minimum absolute atomic E-state index is 0.0640. The van der Waals surface area contributed by atoms with Crippen LogP contribution in [0.1, 0.15) is 41.4 Å². The third-order valence-electron chi connectivity index (χ3n) is 3.50. The predicted octanol–water partition coefficient (Wildman–Crippen LogP) is 4.54. The van der Waals surface area contributed by atoms with E-state index >= 15 is 0 Å². The first-order chi connectivity index (χ1) is 11.4. The molecule has 124 valence electrons. The van der Waals surface area contributed by atoms with Gasteiger partial charge < -0.3 is 10.1 Å². The SMILES string of the molecule is CC(=O)c1ccc(C#N)c(NC(C)c2cccc(OC(F)F)c2)c1. The molecule has 4 nitrogen and oxygen atoms in total. The Balaban J connectivity index is 2.26. The molecule has 0 saturated carbocycles. The molecule has 0 saturated heterocycles. The van der Waals surface area contributed by atoms with Crippen molar-refractivity contribution in [2.24, 2.45) is 0 Å². The molecule has 0 fully saturated rings.